The summed E-state index contributed by atoms with van der Waals surface area (Å²) in [6.45, 7) is 0.825. The number of rotatable bonds is 3. The molecule has 1 fully saturated rings. The van der Waals surface area contributed by atoms with Crippen LogP contribution in [0.3, 0.4) is 0 Å². The first-order chi connectivity index (χ1) is 8.22. The van der Waals surface area contributed by atoms with Gasteiger partial charge in [0, 0.05) is 12.7 Å². The standard InChI is InChI=1S/C11H13BrN4O/c12-9-2-1-3-16-10(9)14-11(15-16)13-6-7-4-8(17)5-7/h1-3,7-8,17H,4-6H2,(H,13,15). The predicted octanol–water partition coefficient (Wildman–Crippen LogP) is 1.67. The summed E-state index contributed by atoms with van der Waals surface area (Å²) in [5.41, 5.74) is 0.809. The van der Waals surface area contributed by atoms with Gasteiger partial charge in [0.15, 0.2) is 5.65 Å². The lowest BCUT2D eigenvalue weighted by Gasteiger charge is -2.31. The van der Waals surface area contributed by atoms with Crippen LogP contribution in [0.2, 0.25) is 0 Å². The maximum atomic E-state index is 9.20. The van der Waals surface area contributed by atoms with Crippen molar-refractivity contribution >= 4 is 27.5 Å². The summed E-state index contributed by atoms with van der Waals surface area (Å²) >= 11 is 3.44. The Hall–Kier alpha value is -1.14. The number of aliphatic hydroxyl groups excluding tert-OH is 1. The molecule has 0 atom stereocenters. The van der Waals surface area contributed by atoms with E-state index in [4.69, 9.17) is 0 Å². The van der Waals surface area contributed by atoms with Crippen molar-refractivity contribution in [1.29, 1.82) is 0 Å². The Kier molecular flexibility index (Phi) is 2.76. The second kappa shape index (κ2) is 4.27. The molecule has 0 aromatic carbocycles. The summed E-state index contributed by atoms with van der Waals surface area (Å²) in [4.78, 5) is 4.39. The van der Waals surface area contributed by atoms with Crippen molar-refractivity contribution in [2.45, 2.75) is 18.9 Å². The summed E-state index contributed by atoms with van der Waals surface area (Å²) in [7, 11) is 0. The van der Waals surface area contributed by atoms with Gasteiger partial charge in [-0.05, 0) is 46.8 Å². The van der Waals surface area contributed by atoms with Crippen molar-refractivity contribution in [3.8, 4) is 0 Å². The fourth-order valence-corrected chi connectivity index (χ4v) is 2.47. The molecule has 2 N–H and O–H groups in total. The lowest BCUT2D eigenvalue weighted by molar-refractivity contribution is 0.0486. The summed E-state index contributed by atoms with van der Waals surface area (Å²) in [6.07, 6.45) is 3.52. The van der Waals surface area contributed by atoms with E-state index in [2.05, 4.69) is 31.3 Å². The van der Waals surface area contributed by atoms with Crippen LogP contribution in [0, 0.1) is 5.92 Å². The van der Waals surface area contributed by atoms with Crippen molar-refractivity contribution in [3.05, 3.63) is 22.8 Å². The minimum absolute atomic E-state index is 0.107. The summed E-state index contributed by atoms with van der Waals surface area (Å²) < 4.78 is 2.67. The number of pyridine rings is 1. The fourth-order valence-electron chi connectivity index (χ4n) is 2.05. The Morgan fingerprint density at radius 2 is 2.35 bits per heavy atom. The monoisotopic (exact) mass is 296 g/mol. The zero-order chi connectivity index (χ0) is 11.8. The minimum Gasteiger partial charge on any atom is -0.393 e. The van der Waals surface area contributed by atoms with E-state index in [9.17, 15) is 5.11 Å². The number of aromatic nitrogens is 3. The van der Waals surface area contributed by atoms with Crippen molar-refractivity contribution < 1.29 is 5.11 Å². The summed E-state index contributed by atoms with van der Waals surface area (Å²) in [5, 5.41) is 16.7. The third-order valence-corrected chi connectivity index (χ3v) is 3.69. The van der Waals surface area contributed by atoms with E-state index in [1.807, 2.05) is 18.3 Å². The van der Waals surface area contributed by atoms with Gasteiger partial charge in [0.05, 0.1) is 10.6 Å². The first-order valence-corrected chi connectivity index (χ1v) is 6.44. The maximum absolute atomic E-state index is 9.20. The molecular weight excluding hydrogens is 284 g/mol. The van der Waals surface area contributed by atoms with E-state index >= 15 is 0 Å². The molecule has 1 saturated carbocycles. The Morgan fingerprint density at radius 1 is 1.53 bits per heavy atom. The maximum Gasteiger partial charge on any atom is 0.243 e. The highest BCUT2D eigenvalue weighted by Crippen LogP contribution is 2.27. The molecule has 1 aliphatic carbocycles. The molecule has 0 bridgehead atoms. The molecule has 2 aromatic heterocycles. The van der Waals surface area contributed by atoms with E-state index in [0.717, 1.165) is 29.5 Å². The average Bonchev–Trinajstić information content (AvgIpc) is 2.67. The second-order valence-electron chi connectivity index (χ2n) is 4.43. The van der Waals surface area contributed by atoms with E-state index < -0.39 is 0 Å². The van der Waals surface area contributed by atoms with E-state index in [-0.39, 0.29) is 6.10 Å². The van der Waals surface area contributed by atoms with Crippen LogP contribution in [0.15, 0.2) is 22.8 Å². The van der Waals surface area contributed by atoms with Gasteiger partial charge in [-0.1, -0.05) is 0 Å². The third kappa shape index (κ3) is 2.14. The number of nitrogens with zero attached hydrogens (tertiary/aromatic N) is 3. The normalized spacial score (nSPS) is 23.6. The van der Waals surface area contributed by atoms with Gasteiger partial charge in [0.1, 0.15) is 0 Å². The molecule has 0 unspecified atom stereocenters. The van der Waals surface area contributed by atoms with Crippen LogP contribution in [0.4, 0.5) is 5.95 Å². The van der Waals surface area contributed by atoms with E-state index in [0.29, 0.717) is 11.9 Å². The van der Waals surface area contributed by atoms with Gasteiger partial charge in [0.25, 0.3) is 0 Å². The first kappa shape index (κ1) is 11.0. The van der Waals surface area contributed by atoms with Crippen molar-refractivity contribution in [2.24, 2.45) is 5.92 Å². The molecule has 0 radical (unpaired) electrons. The zero-order valence-electron chi connectivity index (χ0n) is 9.17. The highest BCUT2D eigenvalue weighted by molar-refractivity contribution is 9.10. The largest absolute Gasteiger partial charge is 0.393 e. The Labute approximate surface area is 107 Å². The van der Waals surface area contributed by atoms with Crippen molar-refractivity contribution in [2.75, 3.05) is 11.9 Å². The van der Waals surface area contributed by atoms with Crippen LogP contribution in [0.5, 0.6) is 0 Å². The van der Waals surface area contributed by atoms with E-state index in [1.54, 1.807) is 4.52 Å². The second-order valence-corrected chi connectivity index (χ2v) is 5.29. The molecule has 0 amide bonds. The number of halogens is 1. The van der Waals surface area contributed by atoms with Crippen molar-refractivity contribution in [3.63, 3.8) is 0 Å². The Bertz CT molecular complexity index is 535. The highest BCUT2D eigenvalue weighted by atomic mass is 79.9. The molecule has 1 aliphatic rings. The first-order valence-electron chi connectivity index (χ1n) is 5.65. The molecule has 90 valence electrons. The molecule has 2 heterocycles. The van der Waals surface area contributed by atoms with Crippen molar-refractivity contribution in [1.82, 2.24) is 14.6 Å². The number of anilines is 1. The van der Waals surface area contributed by atoms with Crippen LogP contribution < -0.4 is 5.32 Å². The highest BCUT2D eigenvalue weighted by Gasteiger charge is 2.26. The van der Waals surface area contributed by atoms with Crippen LogP contribution in [-0.2, 0) is 0 Å². The zero-order valence-corrected chi connectivity index (χ0v) is 10.8. The van der Waals surface area contributed by atoms with Gasteiger partial charge in [-0.2, -0.15) is 4.98 Å². The molecule has 5 nitrogen and oxygen atoms in total. The number of nitrogens with one attached hydrogen (secondary N) is 1. The Morgan fingerprint density at radius 3 is 3.06 bits per heavy atom. The van der Waals surface area contributed by atoms with Gasteiger partial charge >= 0.3 is 0 Å². The van der Waals surface area contributed by atoms with Gasteiger partial charge in [-0.3, -0.25) is 0 Å². The summed E-state index contributed by atoms with van der Waals surface area (Å²) in [6, 6.07) is 3.86. The van der Waals surface area contributed by atoms with Crippen LogP contribution in [-0.4, -0.2) is 32.4 Å². The Balaban J connectivity index is 1.71. The number of hydrogen-bond donors (Lipinski definition) is 2. The van der Waals surface area contributed by atoms with Gasteiger partial charge in [-0.25, -0.2) is 4.52 Å². The van der Waals surface area contributed by atoms with Gasteiger partial charge in [-0.15, -0.1) is 5.10 Å². The van der Waals surface area contributed by atoms with Crippen LogP contribution >= 0.6 is 15.9 Å². The number of fused-ring (bicyclic) bond motifs is 1. The minimum atomic E-state index is -0.107. The molecule has 17 heavy (non-hydrogen) atoms. The van der Waals surface area contributed by atoms with Crippen LogP contribution in [0.1, 0.15) is 12.8 Å². The smallest absolute Gasteiger partial charge is 0.243 e. The van der Waals surface area contributed by atoms with E-state index in [1.165, 1.54) is 0 Å². The summed E-state index contributed by atoms with van der Waals surface area (Å²) in [5.74, 6) is 1.18. The lowest BCUT2D eigenvalue weighted by Crippen LogP contribution is -2.33. The molecule has 2 aromatic rings. The molecule has 0 saturated heterocycles. The van der Waals surface area contributed by atoms with Crippen LogP contribution in [0.25, 0.3) is 5.65 Å². The number of aliphatic hydroxyl groups is 1. The quantitative estimate of drug-likeness (QED) is 0.904. The molecular formula is C11H13BrN4O. The SMILES string of the molecule is OC1CC(CNc2nc3c(Br)cccn3n2)C1. The van der Waals surface area contributed by atoms with Gasteiger partial charge in [0.2, 0.25) is 5.95 Å². The number of hydrogen-bond acceptors (Lipinski definition) is 4. The third-order valence-electron chi connectivity index (χ3n) is 3.07. The molecule has 3 rings (SSSR count). The molecule has 0 spiro atoms. The predicted molar refractivity (Wildman–Crippen MR) is 67.9 cm³/mol. The molecule has 6 heteroatoms. The average molecular weight is 297 g/mol. The fraction of sp³-hybridized carbons (Fsp3) is 0.455. The van der Waals surface area contributed by atoms with Gasteiger partial charge < -0.3 is 10.4 Å². The molecule has 0 aliphatic heterocycles. The topological polar surface area (TPSA) is 62.5 Å². The lowest BCUT2D eigenvalue weighted by atomic mass is 9.82.